The average molecular weight is 2300 g/mol. The Bertz CT molecular complexity index is 7940. The van der Waals surface area contributed by atoms with Crippen molar-refractivity contribution in [2.24, 2.45) is 4.99 Å². The summed E-state index contributed by atoms with van der Waals surface area (Å²) in [6, 6.07) is 63.9. The number of aliphatic imine (C=N–C) groups is 1. The third-order valence-corrected chi connectivity index (χ3v) is 36.2. The van der Waals surface area contributed by atoms with Gasteiger partial charge in [0.05, 0.1) is 44.5 Å². The number of benzene rings is 8. The number of nitrogens with one attached hydrogen (secondary N) is 2. The van der Waals surface area contributed by atoms with E-state index in [1.54, 1.807) is 52.5 Å². The van der Waals surface area contributed by atoms with Gasteiger partial charge in [-0.15, -0.1) is 45.3 Å². The van der Waals surface area contributed by atoms with E-state index in [0.717, 1.165) is 132 Å². The van der Waals surface area contributed by atoms with Crippen LogP contribution in [0.3, 0.4) is 0 Å². The van der Waals surface area contributed by atoms with Crippen molar-refractivity contribution in [1.29, 1.82) is 0 Å². The van der Waals surface area contributed by atoms with E-state index in [-0.39, 0.29) is 5.95 Å². The Kier molecular flexibility index (Phi) is 32.8. The molecule has 144 heavy (non-hydrogen) atoms. The molecule has 1 aliphatic heterocycles. The summed E-state index contributed by atoms with van der Waals surface area (Å²) in [6.45, 7) is 49.4. The molecule has 20 aromatic rings. The monoisotopic (exact) mass is 2290 g/mol. The number of aromatic amines is 2. The fourth-order valence-corrected chi connectivity index (χ4v) is 24.5. The summed E-state index contributed by atoms with van der Waals surface area (Å²) in [6.07, 6.45) is 10.2. The number of thiophene rings is 4. The molecule has 0 atom stereocenters. The smallest absolute Gasteiger partial charge is 0.443 e. The topological polar surface area (TPSA) is 268 Å². The van der Waals surface area contributed by atoms with Crippen molar-refractivity contribution in [2.75, 3.05) is 39.6 Å². The summed E-state index contributed by atoms with van der Waals surface area (Å²) in [5.41, 5.74) is 22.4. The predicted molar refractivity (Wildman–Crippen MR) is 629 cm³/mol. The van der Waals surface area contributed by atoms with Crippen molar-refractivity contribution in [3.05, 3.63) is 230 Å². The molecule has 0 spiro atoms. The Morgan fingerprint density at radius 3 is 1.49 bits per heavy atom. The van der Waals surface area contributed by atoms with Crippen LogP contribution in [0.2, 0.25) is 77.1 Å². The number of anilines is 1. The highest BCUT2D eigenvalue weighted by Gasteiger charge is 2.52. The maximum atomic E-state index is 12.2. The van der Waals surface area contributed by atoms with E-state index in [1.807, 2.05) is 98.6 Å². The van der Waals surface area contributed by atoms with Crippen LogP contribution < -0.4 is 11.2 Å². The molecule has 0 bridgehead atoms. The number of nitrogens with two attached hydrogens (primary N) is 1. The number of aryl methyl sites for hydroxylation is 3. The molecule has 0 aliphatic carbocycles. The second-order valence-corrected chi connectivity index (χ2v) is 65.9. The lowest BCUT2D eigenvalue weighted by Crippen LogP contribution is -2.41. The van der Waals surface area contributed by atoms with Gasteiger partial charge in [0.1, 0.15) is 58.9 Å². The fourth-order valence-electron chi connectivity index (χ4n) is 16.3. The molecular formula is C109H125BBr2IN17O7S4Si3. The molecule has 4 N–H and O–H groups in total. The number of H-pyrrole nitrogens is 2. The number of halogens is 3. The second kappa shape index (κ2) is 44.4. The number of hydrogen-bond acceptors (Lipinski definition) is 21. The minimum absolute atomic E-state index is 0.267. The number of ether oxygens (including phenoxy) is 4. The number of carbonyl (C=O) groups is 1. The van der Waals surface area contributed by atoms with Gasteiger partial charge in [0.25, 0.3) is 5.95 Å². The zero-order valence-electron chi connectivity index (χ0n) is 86.0. The quantitative estimate of drug-likeness (QED) is 0.0177. The zero-order chi connectivity index (χ0) is 103. The third-order valence-electron chi connectivity index (χ3n) is 24.8. The van der Waals surface area contributed by atoms with Crippen LogP contribution in [-0.2, 0) is 48.4 Å². The number of aromatic nitrogens is 14. The highest BCUT2D eigenvalue weighted by Crippen LogP contribution is 2.46. The molecule has 0 radical (unpaired) electrons. The molecule has 8 aromatic carbocycles. The number of nitrogen functional groups attached to an aromatic ring is 1. The molecule has 0 amide bonds. The maximum absolute atomic E-state index is 12.2. The second-order valence-electron chi connectivity index (χ2n) is 41.7. The molecule has 0 unspecified atom stereocenters. The van der Waals surface area contributed by atoms with Crippen molar-refractivity contribution in [3.8, 4) is 52.9 Å². The summed E-state index contributed by atoms with van der Waals surface area (Å²) >= 11 is 16.7. The first-order chi connectivity index (χ1) is 68.4. The normalized spacial score (nSPS) is 13.3. The molecule has 0 saturated carbocycles. The van der Waals surface area contributed by atoms with Crippen LogP contribution in [0.15, 0.2) is 215 Å². The van der Waals surface area contributed by atoms with Gasteiger partial charge in [-0.2, -0.15) is 20.4 Å². The maximum Gasteiger partial charge on any atom is 0.494 e. The van der Waals surface area contributed by atoms with Crippen LogP contribution in [0.25, 0.3) is 159 Å². The lowest BCUT2D eigenvalue weighted by Gasteiger charge is -2.32. The van der Waals surface area contributed by atoms with E-state index in [2.05, 4.69) is 371 Å². The van der Waals surface area contributed by atoms with Gasteiger partial charge in [0.2, 0.25) is 5.95 Å². The van der Waals surface area contributed by atoms with Crippen LogP contribution >= 0.6 is 99.8 Å². The predicted octanol–water partition coefficient (Wildman–Crippen LogP) is 30.5. The average Bonchev–Trinajstić information content (AvgIpc) is 1.58. The number of fused-ring (bicyclic) bond motifs is 10. The molecule has 24 nitrogen and oxygen atoms in total. The first kappa shape index (κ1) is 106. The van der Waals surface area contributed by atoms with Gasteiger partial charge in [-0.1, -0.05) is 190 Å². The Morgan fingerprint density at radius 1 is 0.542 bits per heavy atom. The van der Waals surface area contributed by atoms with Crippen LogP contribution in [-0.4, -0.2) is 168 Å². The van der Waals surface area contributed by atoms with Gasteiger partial charge in [0, 0.05) is 190 Å². The summed E-state index contributed by atoms with van der Waals surface area (Å²) in [4.78, 5) is 43.4. The van der Waals surface area contributed by atoms with Crippen molar-refractivity contribution in [1.82, 2.24) is 73.9 Å². The number of carbonyl (C=O) groups excluding carboxylic acids is 1. The van der Waals surface area contributed by atoms with Crippen molar-refractivity contribution < 1.29 is 33.1 Å². The highest BCUT2D eigenvalue weighted by atomic mass is 127. The van der Waals surface area contributed by atoms with Crippen molar-refractivity contribution in [2.45, 2.75) is 197 Å². The van der Waals surface area contributed by atoms with E-state index in [1.165, 1.54) is 93.0 Å². The highest BCUT2D eigenvalue weighted by molar-refractivity contribution is 14.1. The third kappa shape index (κ3) is 25.2. The Balaban J connectivity index is 0.000000130. The number of hydrogen-bond donors (Lipinski definition) is 3. The SMILES string of the molecule is CC.CN(C)C=Nc1ncc2c(n1)c(I)cn2C(=O)OC(C)(C)C.C[Si](C)(C)CCOCn1cc2cc(Br)cc(-c3cc4ccccc4s3)c2n1.Cc1[nH]nc2c(-c3cc4ccccc4s3)cc(-c3c[nH]c4cnc(N)nc34)cc12.Cc1c2cc(B3OC(C)(C)C(C)(C)O3)cc(-c3cc4ccccc4s3)c2nn1COCC[Si](C)(C)C.Cc1c2cc(Br)cc(-c3cc4ccccc4s3)c2nn1COCC[Si](C)(C)C. The van der Waals surface area contributed by atoms with Gasteiger partial charge in [0.15, 0.2) is 0 Å². The molecule has 1 aliphatic rings. The van der Waals surface area contributed by atoms with E-state index in [0.29, 0.717) is 37.2 Å². The summed E-state index contributed by atoms with van der Waals surface area (Å²) in [5, 5.41) is 32.1. The zero-order valence-corrected chi connectivity index (χ0v) is 97.6. The van der Waals surface area contributed by atoms with E-state index in [9.17, 15) is 4.79 Å². The van der Waals surface area contributed by atoms with Gasteiger partial charge in [-0.25, -0.2) is 48.3 Å². The Labute approximate surface area is 890 Å². The van der Waals surface area contributed by atoms with E-state index in [4.69, 9.17) is 49.3 Å². The summed E-state index contributed by atoms with van der Waals surface area (Å²) < 4.78 is 51.6. The van der Waals surface area contributed by atoms with Crippen LogP contribution in [0.5, 0.6) is 0 Å². The molecular weight excluding hydrogens is 2170 g/mol. The minimum Gasteiger partial charge on any atom is -0.443 e. The van der Waals surface area contributed by atoms with Crippen molar-refractivity contribution in [3.63, 3.8) is 0 Å². The van der Waals surface area contributed by atoms with Crippen LogP contribution in [0.1, 0.15) is 79.4 Å². The fraction of sp³-hybridized carbons (Fsp3) is 0.321. The Hall–Kier alpha value is -10.3. The molecule has 1 fully saturated rings. The van der Waals surface area contributed by atoms with Gasteiger partial charge < -0.3 is 43.9 Å². The molecule has 748 valence electrons. The molecule has 13 heterocycles. The van der Waals surface area contributed by atoms with Crippen molar-refractivity contribution >= 4 is 267 Å². The van der Waals surface area contributed by atoms with Crippen LogP contribution in [0.4, 0.5) is 16.7 Å². The molecule has 12 aromatic heterocycles. The van der Waals surface area contributed by atoms with Gasteiger partial charge >= 0.3 is 13.2 Å². The number of nitrogens with zero attached hydrogens (tertiary/aromatic N) is 14. The van der Waals surface area contributed by atoms with Gasteiger partial charge in [-0.05, 0) is 227 Å². The Morgan fingerprint density at radius 2 is 1.01 bits per heavy atom. The van der Waals surface area contributed by atoms with E-state index >= 15 is 0 Å². The van der Waals surface area contributed by atoms with Crippen LogP contribution in [0, 0.1) is 24.3 Å². The molecule has 1 saturated heterocycles. The number of rotatable bonds is 23. The molecule has 21 rings (SSSR count). The summed E-state index contributed by atoms with van der Waals surface area (Å²) in [7, 11) is 0.0256. The lowest BCUT2D eigenvalue weighted by atomic mass is 9.77. The first-order valence-electron chi connectivity index (χ1n) is 48.4. The molecule has 35 heteroatoms. The largest absolute Gasteiger partial charge is 0.494 e. The van der Waals surface area contributed by atoms with Gasteiger partial charge in [-0.3, -0.25) is 5.10 Å². The first-order valence-corrected chi connectivity index (χ1v) is 65.4. The lowest BCUT2D eigenvalue weighted by molar-refractivity contribution is 0.00578. The summed E-state index contributed by atoms with van der Waals surface area (Å²) in [5.74, 6) is 0.615. The standard InChI is InChI=1S/C28H37BN2O3SSi.C22H25BrN2OSSi.C22H16N6S.C21H23BrN2OSSi.C14H18IN5O2.C2H6/c1-19-22-16-21(29-33-27(2,3)28(4,5)34-29)17-23(25-15-20-11-9-10-12-24(20)35-25)26(22)30-31(19)18-32-13-14-36(6,7)8;1-15-18-12-17(23)13-19(21-11-16-7-5-6-8-20(16)27-21)22(18)24-25(15)14-26-9-10-28(2,3)4;1-11-14-6-13(16-9-24-17-10-25-22(23)26-21(16)17)7-15(20(14)28-27-11)19-8-12-4-2-3-5-18(12)29-19;1-27(2,3)9-8-25-14-24-13-16-10-17(22)12-18(21(16)23-24)20-11-15-6-4-5-7-19(15)26-20;1-14(2,3)22-13(21)20-7-9(15)11-10(20)6-16-12(18-11)17-8-19(4)5;1-2/h9-12,15-17H,13-14,18H2,1-8H3;5-8,11-13H,9-10,14H2,1-4H3;2-10,24H,1H3,(H,27,28)(H2,23,25,26);4-7,10-13H,8-9,14H2,1-3H3;6-8H,1-5H3;1-2H3. The minimum atomic E-state index is -1.14. The van der Waals surface area contributed by atoms with E-state index < -0.39 is 54.2 Å².